The molecule has 1 aliphatic heterocycles. The maximum atomic E-state index is 12.7. The Morgan fingerprint density at radius 1 is 1.27 bits per heavy atom. The van der Waals surface area contributed by atoms with Gasteiger partial charge in [-0.2, -0.15) is 4.31 Å². The normalized spacial score (nSPS) is 21.1. The number of nitrogens with one attached hydrogen (secondary N) is 1. The van der Waals surface area contributed by atoms with Crippen molar-refractivity contribution < 1.29 is 13.5 Å². The van der Waals surface area contributed by atoms with Crippen molar-refractivity contribution in [3.05, 3.63) is 58.5 Å². The van der Waals surface area contributed by atoms with Gasteiger partial charge in [-0.05, 0) is 36.8 Å². The van der Waals surface area contributed by atoms with E-state index in [4.69, 9.17) is 6.57 Å². The van der Waals surface area contributed by atoms with Crippen LogP contribution < -0.4 is 5.32 Å². The van der Waals surface area contributed by atoms with E-state index in [1.165, 1.54) is 10.5 Å². The molecular formula is C17H17BrN4O3S. The Morgan fingerprint density at radius 3 is 2.58 bits per heavy atom. The van der Waals surface area contributed by atoms with Crippen LogP contribution in [0, 0.1) is 6.57 Å². The van der Waals surface area contributed by atoms with Crippen molar-refractivity contribution in [3.63, 3.8) is 0 Å². The topological polar surface area (TPSA) is 86.9 Å². The second-order valence-electron chi connectivity index (χ2n) is 5.94. The molecule has 3 rings (SSSR count). The van der Waals surface area contributed by atoms with Crippen molar-refractivity contribution in [1.29, 1.82) is 0 Å². The highest BCUT2D eigenvalue weighted by molar-refractivity contribution is 9.10. The molecule has 0 unspecified atom stereocenters. The lowest BCUT2D eigenvalue weighted by Crippen LogP contribution is -2.51. The Balaban J connectivity index is 1.67. The van der Waals surface area contributed by atoms with E-state index in [0.717, 1.165) is 4.47 Å². The lowest BCUT2D eigenvalue weighted by Gasteiger charge is -2.35. The van der Waals surface area contributed by atoms with E-state index in [-0.39, 0.29) is 17.5 Å². The number of aliphatic hydroxyl groups is 1. The molecule has 1 aromatic carbocycles. The molecule has 1 fully saturated rings. The number of hydrogen-bond acceptors (Lipinski definition) is 5. The fourth-order valence-corrected chi connectivity index (χ4v) is 4.51. The number of benzene rings is 1. The van der Waals surface area contributed by atoms with Crippen LogP contribution in [0.1, 0.15) is 6.42 Å². The summed E-state index contributed by atoms with van der Waals surface area (Å²) >= 11 is 3.29. The van der Waals surface area contributed by atoms with Crippen LogP contribution in [0.4, 0.5) is 11.5 Å². The molecule has 26 heavy (non-hydrogen) atoms. The van der Waals surface area contributed by atoms with Crippen LogP contribution in [-0.2, 0) is 10.0 Å². The number of hydrogen-bond donors (Lipinski definition) is 2. The van der Waals surface area contributed by atoms with Gasteiger partial charge in [-0.25, -0.2) is 13.3 Å². The third-order valence-electron chi connectivity index (χ3n) is 4.21. The summed E-state index contributed by atoms with van der Waals surface area (Å²) in [6, 6.07) is 9.44. The van der Waals surface area contributed by atoms with Crippen LogP contribution in [0.15, 0.2) is 52.0 Å². The Kier molecular flexibility index (Phi) is 5.58. The van der Waals surface area contributed by atoms with Crippen molar-refractivity contribution in [2.75, 3.05) is 18.4 Å². The predicted molar refractivity (Wildman–Crippen MR) is 101 cm³/mol. The van der Waals surface area contributed by atoms with E-state index in [1.807, 2.05) is 0 Å². The highest BCUT2D eigenvalue weighted by atomic mass is 79.9. The van der Waals surface area contributed by atoms with Gasteiger partial charge in [0.15, 0.2) is 0 Å². The molecule has 2 N–H and O–H groups in total. The highest BCUT2D eigenvalue weighted by Gasteiger charge is 2.34. The molecule has 1 saturated heterocycles. The number of aliphatic hydroxyl groups excluding tert-OH is 1. The van der Waals surface area contributed by atoms with Gasteiger partial charge in [-0.3, -0.25) is 4.98 Å². The van der Waals surface area contributed by atoms with E-state index in [9.17, 15) is 13.5 Å². The summed E-state index contributed by atoms with van der Waals surface area (Å²) in [5, 5.41) is 13.5. The van der Waals surface area contributed by atoms with Gasteiger partial charge in [0.25, 0.3) is 0 Å². The summed E-state index contributed by atoms with van der Waals surface area (Å²) in [7, 11) is -3.64. The number of pyridine rings is 1. The lowest BCUT2D eigenvalue weighted by atomic mass is 10.0. The van der Waals surface area contributed by atoms with E-state index < -0.39 is 16.1 Å². The molecule has 0 aliphatic carbocycles. The predicted octanol–water partition coefficient (Wildman–Crippen LogP) is 2.63. The number of β-amino-alcohol motifs (C(OH)–C–C–N with tert-alkyl or cyclic N) is 1. The maximum Gasteiger partial charge on any atom is 0.243 e. The Bertz CT molecular complexity index is 911. The summed E-state index contributed by atoms with van der Waals surface area (Å²) in [6.07, 6.45) is 1.04. The fraction of sp³-hybridized carbons (Fsp3) is 0.294. The molecular weight excluding hydrogens is 420 g/mol. The van der Waals surface area contributed by atoms with Crippen LogP contribution in [-0.4, -0.2) is 48.0 Å². The fourth-order valence-electron chi connectivity index (χ4n) is 2.77. The molecule has 0 radical (unpaired) electrons. The molecule has 2 heterocycles. The van der Waals surface area contributed by atoms with Crippen LogP contribution in [0.5, 0.6) is 0 Å². The van der Waals surface area contributed by atoms with Gasteiger partial charge in [0.2, 0.25) is 15.7 Å². The molecule has 1 aromatic heterocycles. The van der Waals surface area contributed by atoms with E-state index in [2.05, 4.69) is 31.1 Å². The molecule has 0 bridgehead atoms. The van der Waals surface area contributed by atoms with Gasteiger partial charge in [0.05, 0.1) is 23.6 Å². The van der Waals surface area contributed by atoms with Crippen LogP contribution in [0.25, 0.3) is 4.85 Å². The monoisotopic (exact) mass is 436 g/mol. The second-order valence-corrected chi connectivity index (χ2v) is 8.79. The van der Waals surface area contributed by atoms with Crippen molar-refractivity contribution in [2.45, 2.75) is 23.5 Å². The minimum Gasteiger partial charge on any atom is -0.390 e. The standard InChI is InChI=1S/C17H17BrN4O3S/c1-19-13-4-7-17(20-10-13)21-15-8-9-22(11-16(15)23)26(24,25)14-5-2-12(18)3-6-14/h2-7,10,15-16,23H,8-9,11H2,(H,20,21)/t15-,16+/m1/s1. The van der Waals surface area contributed by atoms with Crippen LogP contribution in [0.2, 0.25) is 0 Å². The van der Waals surface area contributed by atoms with Gasteiger partial charge < -0.3 is 10.4 Å². The molecule has 7 nitrogen and oxygen atoms in total. The van der Waals surface area contributed by atoms with Gasteiger partial charge in [0.1, 0.15) is 5.82 Å². The molecule has 0 spiro atoms. The Hall–Kier alpha value is -1.99. The zero-order valence-electron chi connectivity index (χ0n) is 13.7. The largest absolute Gasteiger partial charge is 0.390 e. The molecule has 9 heteroatoms. The Labute approximate surface area is 160 Å². The third kappa shape index (κ3) is 4.04. The van der Waals surface area contributed by atoms with E-state index in [1.54, 1.807) is 36.4 Å². The van der Waals surface area contributed by atoms with Gasteiger partial charge >= 0.3 is 0 Å². The van der Waals surface area contributed by atoms with E-state index in [0.29, 0.717) is 24.5 Å². The van der Waals surface area contributed by atoms with Crippen molar-refractivity contribution >= 4 is 37.5 Å². The van der Waals surface area contributed by atoms with Crippen LogP contribution >= 0.6 is 15.9 Å². The first kappa shape index (κ1) is 18.8. The number of rotatable bonds is 4. The first-order valence-electron chi connectivity index (χ1n) is 7.94. The van der Waals surface area contributed by atoms with Gasteiger partial charge in [-0.1, -0.05) is 22.0 Å². The van der Waals surface area contributed by atoms with Crippen LogP contribution in [0.3, 0.4) is 0 Å². The quantitative estimate of drug-likeness (QED) is 0.719. The minimum absolute atomic E-state index is 0.0101. The summed E-state index contributed by atoms with van der Waals surface area (Å²) in [5.74, 6) is 0.547. The third-order valence-corrected chi connectivity index (χ3v) is 6.61. The van der Waals surface area contributed by atoms with Crippen molar-refractivity contribution in [3.8, 4) is 0 Å². The van der Waals surface area contributed by atoms with E-state index >= 15 is 0 Å². The number of nitrogens with zero attached hydrogens (tertiary/aromatic N) is 3. The SMILES string of the molecule is [C-]#[N+]c1ccc(N[C@@H]2CCN(S(=O)(=O)c3ccc(Br)cc3)C[C@@H]2O)nc1. The molecule has 2 atom stereocenters. The minimum atomic E-state index is -3.64. The molecule has 1 aliphatic rings. The van der Waals surface area contributed by atoms with Crippen molar-refractivity contribution in [2.24, 2.45) is 0 Å². The Morgan fingerprint density at radius 2 is 2.00 bits per heavy atom. The molecule has 2 aromatic rings. The van der Waals surface area contributed by atoms with Crippen molar-refractivity contribution in [1.82, 2.24) is 9.29 Å². The number of anilines is 1. The second kappa shape index (κ2) is 7.72. The number of sulfonamides is 1. The molecule has 0 saturated carbocycles. The summed E-state index contributed by atoms with van der Waals surface area (Å²) in [6.45, 7) is 7.23. The highest BCUT2D eigenvalue weighted by Crippen LogP contribution is 2.24. The molecule has 0 amide bonds. The summed E-state index contributed by atoms with van der Waals surface area (Å²) in [5.41, 5.74) is 0.437. The average molecular weight is 437 g/mol. The molecule has 136 valence electrons. The summed E-state index contributed by atoms with van der Waals surface area (Å²) in [4.78, 5) is 7.61. The first-order chi connectivity index (χ1) is 12.4. The average Bonchev–Trinajstić information content (AvgIpc) is 2.64. The smallest absolute Gasteiger partial charge is 0.243 e. The zero-order valence-corrected chi connectivity index (χ0v) is 16.1. The van der Waals surface area contributed by atoms with Gasteiger partial charge in [-0.15, -0.1) is 0 Å². The number of aromatic nitrogens is 1. The van der Waals surface area contributed by atoms with Gasteiger partial charge in [0, 0.05) is 23.8 Å². The zero-order chi connectivity index (χ0) is 18.7. The lowest BCUT2D eigenvalue weighted by molar-refractivity contribution is 0.0949. The number of halogens is 1. The summed E-state index contributed by atoms with van der Waals surface area (Å²) < 4.78 is 27.5. The number of piperidine rings is 1. The maximum absolute atomic E-state index is 12.7. The first-order valence-corrected chi connectivity index (χ1v) is 10.2.